The van der Waals surface area contributed by atoms with Gasteiger partial charge in [-0.05, 0) is 75.5 Å². The maximum atomic E-state index is 14.1. The van der Waals surface area contributed by atoms with Gasteiger partial charge in [0.15, 0.2) is 0 Å². The largest absolute Gasteiger partial charge is 0.444 e. The molecule has 1 aliphatic heterocycles. The monoisotopic (exact) mass is 574 g/mol. The molecule has 8 nitrogen and oxygen atoms in total. The van der Waals surface area contributed by atoms with Gasteiger partial charge >= 0.3 is 6.09 Å². The van der Waals surface area contributed by atoms with Crippen molar-refractivity contribution in [3.05, 3.63) is 71.3 Å². The third kappa shape index (κ3) is 8.74. The van der Waals surface area contributed by atoms with E-state index in [4.69, 9.17) is 4.74 Å². The predicted molar refractivity (Wildman–Crippen MR) is 165 cm³/mol. The molecule has 2 aliphatic rings. The number of nitrogens with zero attached hydrogens (tertiary/aromatic N) is 3. The Bertz CT molecular complexity index is 1270. The number of piperazine rings is 1. The molecule has 2 aromatic rings. The van der Waals surface area contributed by atoms with Gasteiger partial charge in [-0.2, -0.15) is 0 Å². The van der Waals surface area contributed by atoms with Gasteiger partial charge in [0.2, 0.25) is 5.91 Å². The lowest BCUT2D eigenvalue weighted by Gasteiger charge is -2.41. The second kappa shape index (κ2) is 14.1. The highest BCUT2D eigenvalue weighted by molar-refractivity contribution is 6.09. The highest BCUT2D eigenvalue weighted by atomic mass is 16.6. The number of rotatable bonds is 8. The van der Waals surface area contributed by atoms with Crippen molar-refractivity contribution in [1.82, 2.24) is 15.1 Å². The molecule has 1 fully saturated rings. The Hall–Kier alpha value is -3.52. The smallest absolute Gasteiger partial charge is 0.408 e. The van der Waals surface area contributed by atoms with Crippen LogP contribution >= 0.6 is 0 Å². The number of hydrogen-bond acceptors (Lipinski definition) is 5. The van der Waals surface area contributed by atoms with Crippen LogP contribution in [-0.2, 0) is 27.3 Å². The van der Waals surface area contributed by atoms with E-state index in [1.807, 2.05) is 36.4 Å². The summed E-state index contributed by atoms with van der Waals surface area (Å²) in [5.41, 5.74) is 3.47. The van der Waals surface area contributed by atoms with Gasteiger partial charge in [0.25, 0.3) is 5.91 Å². The number of fused-ring (bicyclic) bond motifs is 1. The molecule has 226 valence electrons. The van der Waals surface area contributed by atoms with Crippen molar-refractivity contribution < 1.29 is 19.1 Å². The third-order valence-corrected chi connectivity index (χ3v) is 7.74. The first-order valence-electron chi connectivity index (χ1n) is 15.3. The molecule has 1 heterocycles. The molecule has 1 saturated heterocycles. The number of aryl methyl sites for hydroxylation is 1. The molecule has 2 atom stereocenters. The van der Waals surface area contributed by atoms with E-state index in [2.05, 4.69) is 47.3 Å². The number of aliphatic imine (C=N–C) groups is 1. The van der Waals surface area contributed by atoms with Gasteiger partial charge in [-0.25, -0.2) is 9.79 Å². The third-order valence-electron chi connectivity index (χ3n) is 7.74. The standard InChI is InChI=1S/C34H46N4O4/c1-24(2)18-19-29(36-33(41)42-34(3,4)5)32(40)38-21-20-37(22-25-12-7-6-8-13-25)23-30(38)31(39)35-28-17-11-15-26-14-9-10-16-27(26)28/h6-10,12-14,16,24,29-30H,11,15,17-23H2,1-5H3,(H,36,41)/t29-,30-/m0/s1. The van der Waals surface area contributed by atoms with Crippen molar-refractivity contribution in [3.63, 3.8) is 0 Å². The predicted octanol–water partition coefficient (Wildman–Crippen LogP) is 5.38. The number of carbonyl (C=O) groups is 3. The fraction of sp³-hybridized carbons (Fsp3) is 0.529. The first kappa shape index (κ1) is 31.4. The van der Waals surface area contributed by atoms with Gasteiger partial charge in [-0.3, -0.25) is 14.5 Å². The van der Waals surface area contributed by atoms with Gasteiger partial charge < -0.3 is 15.0 Å². The van der Waals surface area contributed by atoms with Crippen molar-refractivity contribution in [2.45, 2.75) is 91.0 Å². The molecule has 0 aromatic heterocycles. The lowest BCUT2D eigenvalue weighted by molar-refractivity contribution is -0.144. The SMILES string of the molecule is CC(C)CC[C@H](NC(=O)OC(C)(C)C)C(=O)N1CCN(Cc2ccccc2)C[C@H]1C(=O)N=C1CCCc2ccccc21. The highest BCUT2D eigenvalue weighted by Gasteiger charge is 2.39. The maximum absolute atomic E-state index is 14.1. The van der Waals surface area contributed by atoms with Crippen LogP contribution in [0, 0.1) is 5.92 Å². The summed E-state index contributed by atoms with van der Waals surface area (Å²) in [4.78, 5) is 49.4. The molecule has 4 rings (SSSR count). The zero-order chi connectivity index (χ0) is 30.3. The van der Waals surface area contributed by atoms with Crippen LogP contribution in [0.15, 0.2) is 59.6 Å². The van der Waals surface area contributed by atoms with E-state index in [1.165, 1.54) is 5.56 Å². The highest BCUT2D eigenvalue weighted by Crippen LogP contribution is 2.24. The van der Waals surface area contributed by atoms with E-state index in [1.54, 1.807) is 25.7 Å². The van der Waals surface area contributed by atoms with Crippen molar-refractivity contribution >= 4 is 23.6 Å². The maximum Gasteiger partial charge on any atom is 0.408 e. The normalized spacial score (nSPS) is 19.3. The number of ether oxygens (including phenoxy) is 1. The summed E-state index contributed by atoms with van der Waals surface area (Å²) >= 11 is 0. The molecule has 2 aromatic carbocycles. The summed E-state index contributed by atoms with van der Waals surface area (Å²) in [6, 6.07) is 16.7. The zero-order valence-electron chi connectivity index (χ0n) is 25.8. The molecule has 0 unspecified atom stereocenters. The number of benzene rings is 2. The van der Waals surface area contributed by atoms with Gasteiger partial charge in [0, 0.05) is 26.2 Å². The quantitative estimate of drug-likeness (QED) is 0.457. The summed E-state index contributed by atoms with van der Waals surface area (Å²) in [6.07, 6.45) is 3.22. The van der Waals surface area contributed by atoms with Crippen molar-refractivity contribution in [2.24, 2.45) is 10.9 Å². The summed E-state index contributed by atoms with van der Waals surface area (Å²) in [6.45, 7) is 11.6. The molecular formula is C34H46N4O4. The fourth-order valence-corrected chi connectivity index (χ4v) is 5.63. The number of alkyl carbamates (subject to hydrolysis) is 1. The lowest BCUT2D eigenvalue weighted by atomic mass is 9.90. The summed E-state index contributed by atoms with van der Waals surface area (Å²) in [5.74, 6) is -0.227. The minimum absolute atomic E-state index is 0.261. The number of nitrogens with one attached hydrogen (secondary N) is 1. The Balaban J connectivity index is 1.60. The topological polar surface area (TPSA) is 91.3 Å². The van der Waals surface area contributed by atoms with Crippen molar-refractivity contribution in [3.8, 4) is 0 Å². The van der Waals surface area contributed by atoms with Gasteiger partial charge in [-0.15, -0.1) is 0 Å². The van der Waals surface area contributed by atoms with Gasteiger partial charge in [0.05, 0.1) is 5.71 Å². The van der Waals surface area contributed by atoms with Crippen molar-refractivity contribution in [1.29, 1.82) is 0 Å². The molecule has 8 heteroatoms. The number of amides is 3. The average molecular weight is 575 g/mol. The Morgan fingerprint density at radius 2 is 1.69 bits per heavy atom. The van der Waals surface area contributed by atoms with Crippen LogP contribution in [-0.4, -0.2) is 70.7 Å². The zero-order valence-corrected chi connectivity index (χ0v) is 25.8. The average Bonchev–Trinajstić information content (AvgIpc) is 2.94. The molecule has 0 radical (unpaired) electrons. The Morgan fingerprint density at radius 3 is 2.40 bits per heavy atom. The molecule has 0 saturated carbocycles. The molecule has 1 N–H and O–H groups in total. The molecule has 42 heavy (non-hydrogen) atoms. The minimum Gasteiger partial charge on any atom is -0.444 e. The van der Waals surface area contributed by atoms with E-state index in [9.17, 15) is 14.4 Å². The Labute approximate surface area is 250 Å². The van der Waals surface area contributed by atoms with Crippen LogP contribution in [0.4, 0.5) is 4.79 Å². The van der Waals surface area contributed by atoms with E-state index < -0.39 is 23.8 Å². The Morgan fingerprint density at radius 1 is 0.976 bits per heavy atom. The Kier molecular flexibility index (Phi) is 10.5. The minimum atomic E-state index is -0.790. The summed E-state index contributed by atoms with van der Waals surface area (Å²) in [7, 11) is 0. The first-order valence-corrected chi connectivity index (χ1v) is 15.3. The molecule has 1 aliphatic carbocycles. The fourth-order valence-electron chi connectivity index (χ4n) is 5.63. The lowest BCUT2D eigenvalue weighted by Crippen LogP contribution is -2.61. The second-order valence-electron chi connectivity index (χ2n) is 12.8. The van der Waals surface area contributed by atoms with E-state index >= 15 is 0 Å². The number of hydrogen-bond donors (Lipinski definition) is 1. The van der Waals surface area contributed by atoms with E-state index in [-0.39, 0.29) is 11.8 Å². The number of carbonyl (C=O) groups excluding carboxylic acids is 3. The second-order valence-corrected chi connectivity index (χ2v) is 12.8. The molecule has 3 amide bonds. The molecular weight excluding hydrogens is 528 g/mol. The van der Waals surface area contributed by atoms with Gasteiger partial charge in [0.1, 0.15) is 17.7 Å². The van der Waals surface area contributed by atoms with Crippen LogP contribution in [0.3, 0.4) is 0 Å². The van der Waals surface area contributed by atoms with Crippen LogP contribution in [0.1, 0.15) is 77.0 Å². The van der Waals surface area contributed by atoms with Crippen LogP contribution in [0.2, 0.25) is 0 Å². The first-order chi connectivity index (χ1) is 20.0. The molecule has 0 spiro atoms. The van der Waals surface area contributed by atoms with E-state index in [0.29, 0.717) is 38.5 Å². The van der Waals surface area contributed by atoms with Crippen molar-refractivity contribution in [2.75, 3.05) is 19.6 Å². The molecule has 0 bridgehead atoms. The summed E-state index contributed by atoms with van der Waals surface area (Å²) < 4.78 is 5.49. The van der Waals surface area contributed by atoms with Crippen LogP contribution in [0.5, 0.6) is 0 Å². The van der Waals surface area contributed by atoms with Crippen LogP contribution < -0.4 is 5.32 Å². The van der Waals surface area contributed by atoms with Crippen LogP contribution in [0.25, 0.3) is 0 Å². The van der Waals surface area contributed by atoms with Gasteiger partial charge in [-0.1, -0.05) is 68.4 Å². The summed E-state index contributed by atoms with van der Waals surface area (Å²) in [5, 5.41) is 2.82. The van der Waals surface area contributed by atoms with E-state index in [0.717, 1.165) is 42.5 Å².